The third-order valence-corrected chi connectivity index (χ3v) is 2.53. The molecule has 0 saturated carbocycles. The summed E-state index contributed by atoms with van der Waals surface area (Å²) in [5.74, 6) is 0. The molecule has 0 aromatic rings. The maximum absolute atomic E-state index is 5.13. The van der Waals surface area contributed by atoms with Gasteiger partial charge >= 0.3 is 0 Å². The third kappa shape index (κ3) is 2.61. The van der Waals surface area contributed by atoms with Gasteiger partial charge in [0, 0.05) is 6.54 Å². The molecule has 0 aromatic heterocycles. The molecule has 1 heterocycles. The molecule has 1 saturated heterocycles. The van der Waals surface area contributed by atoms with Gasteiger partial charge in [-0.2, -0.15) is 0 Å². The fourth-order valence-electron chi connectivity index (χ4n) is 1.07. The zero-order chi connectivity index (χ0) is 8.97. The van der Waals surface area contributed by atoms with Gasteiger partial charge in [0.2, 0.25) is 0 Å². The van der Waals surface area contributed by atoms with Crippen molar-refractivity contribution in [2.75, 3.05) is 26.8 Å². The lowest BCUT2D eigenvalue weighted by atomic mass is 10.2. The van der Waals surface area contributed by atoms with E-state index in [1.807, 2.05) is 0 Å². The molecular formula is C10H19NO. The highest BCUT2D eigenvalue weighted by Crippen LogP contribution is 2.08. The Balaban J connectivity index is 2.20. The zero-order valence-corrected chi connectivity index (χ0v) is 8.34. The van der Waals surface area contributed by atoms with Gasteiger partial charge in [0.15, 0.2) is 0 Å². The Bertz CT molecular complexity index is 161. The van der Waals surface area contributed by atoms with Gasteiger partial charge in [-0.1, -0.05) is 18.6 Å². The smallest absolute Gasteiger partial charge is 0.0645 e. The van der Waals surface area contributed by atoms with E-state index in [4.69, 9.17) is 4.74 Å². The van der Waals surface area contributed by atoms with Gasteiger partial charge in [-0.15, -0.1) is 0 Å². The molecule has 70 valence electrons. The third-order valence-electron chi connectivity index (χ3n) is 2.53. The molecule has 0 amide bonds. The van der Waals surface area contributed by atoms with Gasteiger partial charge in [0.1, 0.15) is 0 Å². The number of allylic oxidation sites excluding steroid dienone is 1. The molecular weight excluding hydrogens is 150 g/mol. The SMILES string of the molecule is CC/C(C)=C\CN(C)C1COC1. The van der Waals surface area contributed by atoms with Crippen LogP contribution in [0.1, 0.15) is 20.3 Å². The minimum absolute atomic E-state index is 0.658. The predicted octanol–water partition coefficient (Wildman–Crippen LogP) is 1.67. The van der Waals surface area contributed by atoms with E-state index in [2.05, 4.69) is 31.9 Å². The van der Waals surface area contributed by atoms with Crippen molar-refractivity contribution < 1.29 is 4.74 Å². The highest BCUT2D eigenvalue weighted by Gasteiger charge is 2.21. The standard InChI is InChI=1S/C10H19NO/c1-4-9(2)5-6-11(3)10-7-12-8-10/h5,10H,4,6-8H2,1-3H3/b9-5-. The van der Waals surface area contributed by atoms with Crippen molar-refractivity contribution in [2.24, 2.45) is 0 Å². The minimum atomic E-state index is 0.658. The largest absolute Gasteiger partial charge is 0.378 e. The molecule has 0 unspecified atom stereocenters. The summed E-state index contributed by atoms with van der Waals surface area (Å²) in [6.45, 7) is 7.27. The van der Waals surface area contributed by atoms with Crippen molar-refractivity contribution in [2.45, 2.75) is 26.3 Å². The molecule has 2 heteroatoms. The molecule has 1 fully saturated rings. The second-order valence-electron chi connectivity index (χ2n) is 3.53. The Morgan fingerprint density at radius 1 is 1.58 bits per heavy atom. The number of hydrogen-bond acceptors (Lipinski definition) is 2. The minimum Gasteiger partial charge on any atom is -0.378 e. The number of nitrogens with zero attached hydrogens (tertiary/aromatic N) is 1. The van der Waals surface area contributed by atoms with E-state index < -0.39 is 0 Å². The summed E-state index contributed by atoms with van der Waals surface area (Å²) in [6, 6.07) is 0.658. The molecule has 0 atom stereocenters. The highest BCUT2D eigenvalue weighted by molar-refractivity contribution is 4.98. The Kier molecular flexibility index (Phi) is 3.76. The summed E-state index contributed by atoms with van der Waals surface area (Å²) < 4.78 is 5.13. The molecule has 1 aliphatic heterocycles. The second kappa shape index (κ2) is 4.63. The molecule has 0 N–H and O–H groups in total. The summed E-state index contributed by atoms with van der Waals surface area (Å²) >= 11 is 0. The Morgan fingerprint density at radius 3 is 2.67 bits per heavy atom. The topological polar surface area (TPSA) is 12.5 Å². The first-order valence-electron chi connectivity index (χ1n) is 4.67. The fraction of sp³-hybridized carbons (Fsp3) is 0.800. The van der Waals surface area contributed by atoms with Crippen LogP contribution in [0.5, 0.6) is 0 Å². The molecule has 0 aliphatic carbocycles. The summed E-state index contributed by atoms with van der Waals surface area (Å²) in [4.78, 5) is 2.35. The molecule has 12 heavy (non-hydrogen) atoms. The number of ether oxygens (including phenoxy) is 1. The molecule has 0 aromatic carbocycles. The van der Waals surface area contributed by atoms with Crippen LogP contribution >= 0.6 is 0 Å². The van der Waals surface area contributed by atoms with Gasteiger partial charge in [-0.3, -0.25) is 4.90 Å². The van der Waals surface area contributed by atoms with Crippen LogP contribution in [0.25, 0.3) is 0 Å². The van der Waals surface area contributed by atoms with E-state index in [9.17, 15) is 0 Å². The van der Waals surface area contributed by atoms with Crippen molar-refractivity contribution in [3.63, 3.8) is 0 Å². The Morgan fingerprint density at radius 2 is 2.25 bits per heavy atom. The van der Waals surface area contributed by atoms with Crippen LogP contribution < -0.4 is 0 Å². The van der Waals surface area contributed by atoms with Crippen LogP contribution in [0.3, 0.4) is 0 Å². The van der Waals surface area contributed by atoms with E-state index >= 15 is 0 Å². The Labute approximate surface area is 75.2 Å². The van der Waals surface area contributed by atoms with E-state index in [0.717, 1.165) is 26.2 Å². The van der Waals surface area contributed by atoms with Gasteiger partial charge in [0.25, 0.3) is 0 Å². The summed E-state index contributed by atoms with van der Waals surface area (Å²) in [6.07, 6.45) is 3.47. The molecule has 0 bridgehead atoms. The van der Waals surface area contributed by atoms with E-state index in [1.165, 1.54) is 5.57 Å². The summed E-state index contributed by atoms with van der Waals surface area (Å²) in [5.41, 5.74) is 1.47. The quantitative estimate of drug-likeness (QED) is 0.594. The predicted molar refractivity (Wildman–Crippen MR) is 51.3 cm³/mol. The average Bonchev–Trinajstić information content (AvgIpc) is 1.97. The second-order valence-corrected chi connectivity index (χ2v) is 3.53. The molecule has 1 rings (SSSR count). The Hall–Kier alpha value is -0.340. The van der Waals surface area contributed by atoms with Crippen LogP contribution in [-0.4, -0.2) is 37.7 Å². The van der Waals surface area contributed by atoms with Crippen molar-refractivity contribution in [3.05, 3.63) is 11.6 Å². The van der Waals surface area contributed by atoms with Crippen molar-refractivity contribution in [1.29, 1.82) is 0 Å². The lowest BCUT2D eigenvalue weighted by molar-refractivity contribution is -0.0524. The first-order valence-corrected chi connectivity index (χ1v) is 4.67. The molecule has 0 radical (unpaired) electrons. The van der Waals surface area contributed by atoms with E-state index in [1.54, 1.807) is 0 Å². The van der Waals surface area contributed by atoms with Crippen LogP contribution in [0, 0.1) is 0 Å². The maximum atomic E-state index is 5.13. The van der Waals surface area contributed by atoms with E-state index in [-0.39, 0.29) is 0 Å². The van der Waals surface area contributed by atoms with Gasteiger partial charge in [-0.05, 0) is 20.4 Å². The van der Waals surface area contributed by atoms with Crippen LogP contribution in [-0.2, 0) is 4.74 Å². The monoisotopic (exact) mass is 169 g/mol. The fourth-order valence-corrected chi connectivity index (χ4v) is 1.07. The molecule has 2 nitrogen and oxygen atoms in total. The summed E-state index contributed by atoms with van der Waals surface area (Å²) in [5, 5.41) is 0. The molecule has 1 aliphatic rings. The van der Waals surface area contributed by atoms with Gasteiger partial charge in [-0.25, -0.2) is 0 Å². The van der Waals surface area contributed by atoms with Crippen LogP contribution in [0.4, 0.5) is 0 Å². The first-order chi connectivity index (χ1) is 5.74. The number of likely N-dealkylation sites (N-methyl/N-ethyl adjacent to an activating group) is 1. The van der Waals surface area contributed by atoms with Crippen LogP contribution in [0.2, 0.25) is 0 Å². The van der Waals surface area contributed by atoms with Gasteiger partial charge in [0.05, 0.1) is 19.3 Å². The zero-order valence-electron chi connectivity index (χ0n) is 8.34. The molecule has 0 spiro atoms. The van der Waals surface area contributed by atoms with Crippen molar-refractivity contribution in [1.82, 2.24) is 4.90 Å². The first kappa shape index (κ1) is 9.75. The van der Waals surface area contributed by atoms with Crippen molar-refractivity contribution >= 4 is 0 Å². The number of rotatable bonds is 4. The lowest BCUT2D eigenvalue weighted by Crippen LogP contribution is -2.47. The average molecular weight is 169 g/mol. The lowest BCUT2D eigenvalue weighted by Gasteiger charge is -2.33. The van der Waals surface area contributed by atoms with Crippen LogP contribution in [0.15, 0.2) is 11.6 Å². The van der Waals surface area contributed by atoms with Crippen molar-refractivity contribution in [3.8, 4) is 0 Å². The van der Waals surface area contributed by atoms with E-state index in [0.29, 0.717) is 6.04 Å². The summed E-state index contributed by atoms with van der Waals surface area (Å²) in [7, 11) is 2.16. The maximum Gasteiger partial charge on any atom is 0.0645 e. The number of hydrogen-bond donors (Lipinski definition) is 0. The van der Waals surface area contributed by atoms with Gasteiger partial charge < -0.3 is 4.74 Å². The normalized spacial score (nSPS) is 19.8. The highest BCUT2D eigenvalue weighted by atomic mass is 16.5.